The van der Waals surface area contributed by atoms with E-state index in [4.69, 9.17) is 9.15 Å². The fourth-order valence-electron chi connectivity index (χ4n) is 3.02. The second kappa shape index (κ2) is 7.65. The molecule has 0 saturated carbocycles. The van der Waals surface area contributed by atoms with Crippen molar-refractivity contribution in [3.8, 4) is 5.75 Å². The minimum absolute atomic E-state index is 0.148. The highest BCUT2D eigenvalue weighted by molar-refractivity contribution is 5.91. The van der Waals surface area contributed by atoms with Crippen LogP contribution in [0.1, 0.15) is 46.2 Å². The van der Waals surface area contributed by atoms with Crippen molar-refractivity contribution in [2.45, 2.75) is 33.4 Å². The molecule has 2 heterocycles. The first-order chi connectivity index (χ1) is 12.8. The van der Waals surface area contributed by atoms with Crippen LogP contribution in [0.5, 0.6) is 5.75 Å². The molecule has 0 radical (unpaired) electrons. The number of aryl methyl sites for hydroxylation is 2. The molecule has 27 heavy (non-hydrogen) atoms. The summed E-state index contributed by atoms with van der Waals surface area (Å²) >= 11 is 0. The van der Waals surface area contributed by atoms with E-state index in [2.05, 4.69) is 10.4 Å². The third-order valence-corrected chi connectivity index (χ3v) is 4.43. The van der Waals surface area contributed by atoms with E-state index in [1.165, 1.54) is 24.3 Å². The number of hydrogen-bond acceptors (Lipinski definition) is 4. The Morgan fingerprint density at radius 2 is 1.96 bits per heavy atom. The molecule has 3 rings (SSSR count). The lowest BCUT2D eigenvalue weighted by atomic mass is 10.1. The summed E-state index contributed by atoms with van der Waals surface area (Å²) in [6.07, 6.45) is 0. The zero-order chi connectivity index (χ0) is 19.6. The van der Waals surface area contributed by atoms with Crippen LogP contribution >= 0.6 is 0 Å². The molecule has 7 heteroatoms. The molecule has 0 aliphatic heterocycles. The highest BCUT2D eigenvalue weighted by atomic mass is 19.1. The minimum Gasteiger partial charge on any atom is -0.486 e. The Labute approximate surface area is 156 Å². The molecule has 142 valence electrons. The molecule has 1 N–H and O–H groups in total. The minimum atomic E-state index is -0.326. The van der Waals surface area contributed by atoms with Crippen LogP contribution in [0.2, 0.25) is 0 Å². The molecular formula is C20H22FN3O3. The van der Waals surface area contributed by atoms with Crippen molar-refractivity contribution in [1.29, 1.82) is 0 Å². The third-order valence-electron chi connectivity index (χ3n) is 4.43. The fraction of sp³-hybridized carbons (Fsp3) is 0.300. The Bertz CT molecular complexity index is 944. The standard InChI is InChI=1S/C20H22FN3O3/c1-12(19-13(2)23-24(4)14(19)3)22-20(25)18-10-9-17(27-18)11-26-16-7-5-15(21)6-8-16/h5-10,12H,11H2,1-4H3,(H,22,25). The first kappa shape index (κ1) is 18.7. The van der Waals surface area contributed by atoms with Gasteiger partial charge in [0.25, 0.3) is 5.91 Å². The number of nitrogens with one attached hydrogen (secondary N) is 1. The molecular weight excluding hydrogens is 349 g/mol. The summed E-state index contributed by atoms with van der Waals surface area (Å²) in [7, 11) is 1.88. The van der Waals surface area contributed by atoms with Crippen molar-refractivity contribution in [3.05, 3.63) is 70.7 Å². The maximum atomic E-state index is 12.9. The van der Waals surface area contributed by atoms with Crippen molar-refractivity contribution in [2.24, 2.45) is 7.05 Å². The lowest BCUT2D eigenvalue weighted by Crippen LogP contribution is -2.27. The summed E-state index contributed by atoms with van der Waals surface area (Å²) in [6, 6.07) is 8.80. The van der Waals surface area contributed by atoms with Gasteiger partial charge in [0.05, 0.1) is 11.7 Å². The monoisotopic (exact) mass is 371 g/mol. The van der Waals surface area contributed by atoms with Gasteiger partial charge in [-0.25, -0.2) is 4.39 Å². The van der Waals surface area contributed by atoms with Gasteiger partial charge in [0.2, 0.25) is 0 Å². The number of hydrogen-bond donors (Lipinski definition) is 1. The molecule has 0 fully saturated rings. The molecule has 1 unspecified atom stereocenters. The maximum absolute atomic E-state index is 12.9. The van der Waals surface area contributed by atoms with Gasteiger partial charge in [-0.3, -0.25) is 9.48 Å². The van der Waals surface area contributed by atoms with Gasteiger partial charge < -0.3 is 14.5 Å². The van der Waals surface area contributed by atoms with Crippen LogP contribution in [0.25, 0.3) is 0 Å². The van der Waals surface area contributed by atoms with Crippen molar-refractivity contribution in [1.82, 2.24) is 15.1 Å². The SMILES string of the molecule is Cc1nn(C)c(C)c1C(C)NC(=O)c1ccc(COc2ccc(F)cc2)o1. The first-order valence-electron chi connectivity index (χ1n) is 8.63. The summed E-state index contributed by atoms with van der Waals surface area (Å²) in [4.78, 5) is 12.5. The first-order valence-corrected chi connectivity index (χ1v) is 8.63. The summed E-state index contributed by atoms with van der Waals surface area (Å²) in [6.45, 7) is 5.95. The molecule has 1 aromatic carbocycles. The number of amides is 1. The predicted octanol–water partition coefficient (Wildman–Crippen LogP) is 3.84. The van der Waals surface area contributed by atoms with Gasteiger partial charge in [-0.05, 0) is 57.2 Å². The van der Waals surface area contributed by atoms with Crippen LogP contribution in [0.15, 0.2) is 40.8 Å². The van der Waals surface area contributed by atoms with E-state index in [1.54, 1.807) is 16.8 Å². The molecule has 0 aliphatic carbocycles. The number of rotatable bonds is 6. The van der Waals surface area contributed by atoms with Crippen LogP contribution in [0.3, 0.4) is 0 Å². The number of carbonyl (C=O) groups excluding carboxylic acids is 1. The van der Waals surface area contributed by atoms with Gasteiger partial charge in [-0.1, -0.05) is 0 Å². The summed E-state index contributed by atoms with van der Waals surface area (Å²) in [5.74, 6) is 0.602. The fourth-order valence-corrected chi connectivity index (χ4v) is 3.02. The average Bonchev–Trinajstić information content (AvgIpc) is 3.19. The topological polar surface area (TPSA) is 69.3 Å². The molecule has 0 saturated heterocycles. The second-order valence-corrected chi connectivity index (χ2v) is 6.41. The van der Waals surface area contributed by atoms with E-state index in [9.17, 15) is 9.18 Å². The molecule has 3 aromatic rings. The Morgan fingerprint density at radius 1 is 1.26 bits per heavy atom. The van der Waals surface area contributed by atoms with Gasteiger partial charge in [0.1, 0.15) is 23.9 Å². The molecule has 1 atom stereocenters. The molecule has 1 amide bonds. The number of furan rings is 1. The quantitative estimate of drug-likeness (QED) is 0.715. The predicted molar refractivity (Wildman–Crippen MR) is 98.0 cm³/mol. The number of aromatic nitrogens is 2. The summed E-state index contributed by atoms with van der Waals surface area (Å²) < 4.78 is 25.8. The Morgan fingerprint density at radius 3 is 2.59 bits per heavy atom. The van der Waals surface area contributed by atoms with Crippen LogP contribution in [-0.2, 0) is 13.7 Å². The third kappa shape index (κ3) is 4.19. The number of halogens is 1. The molecule has 2 aromatic heterocycles. The highest BCUT2D eigenvalue weighted by Gasteiger charge is 2.20. The summed E-state index contributed by atoms with van der Waals surface area (Å²) in [5.41, 5.74) is 2.89. The number of ether oxygens (including phenoxy) is 1. The number of carbonyl (C=O) groups is 1. The smallest absolute Gasteiger partial charge is 0.287 e. The second-order valence-electron chi connectivity index (χ2n) is 6.41. The number of benzene rings is 1. The van der Waals surface area contributed by atoms with Gasteiger partial charge in [0.15, 0.2) is 5.76 Å². The molecule has 0 bridgehead atoms. The largest absolute Gasteiger partial charge is 0.486 e. The van der Waals surface area contributed by atoms with E-state index in [-0.39, 0.29) is 30.1 Å². The normalized spacial score (nSPS) is 12.0. The van der Waals surface area contributed by atoms with E-state index in [0.717, 1.165) is 17.0 Å². The highest BCUT2D eigenvalue weighted by Crippen LogP contribution is 2.21. The Balaban J connectivity index is 1.61. The van der Waals surface area contributed by atoms with Gasteiger partial charge in [0, 0.05) is 18.3 Å². The van der Waals surface area contributed by atoms with Crippen molar-refractivity contribution >= 4 is 5.91 Å². The Hall–Kier alpha value is -3.09. The lowest BCUT2D eigenvalue weighted by Gasteiger charge is -2.14. The van der Waals surface area contributed by atoms with Gasteiger partial charge >= 0.3 is 0 Å². The summed E-state index contributed by atoms with van der Waals surface area (Å²) in [5, 5.41) is 7.31. The van der Waals surface area contributed by atoms with Crippen molar-refractivity contribution in [3.63, 3.8) is 0 Å². The van der Waals surface area contributed by atoms with Crippen LogP contribution in [0, 0.1) is 19.7 Å². The molecule has 0 aliphatic rings. The van der Waals surface area contributed by atoms with E-state index in [0.29, 0.717) is 11.5 Å². The zero-order valence-electron chi connectivity index (χ0n) is 15.7. The number of nitrogens with zero attached hydrogens (tertiary/aromatic N) is 2. The molecule has 0 spiro atoms. The van der Waals surface area contributed by atoms with Crippen molar-refractivity contribution < 1.29 is 18.3 Å². The van der Waals surface area contributed by atoms with Crippen molar-refractivity contribution in [2.75, 3.05) is 0 Å². The van der Waals surface area contributed by atoms with E-state index >= 15 is 0 Å². The van der Waals surface area contributed by atoms with E-state index in [1.807, 2.05) is 27.8 Å². The van der Waals surface area contributed by atoms with Gasteiger partial charge in [-0.15, -0.1) is 0 Å². The Kier molecular flexibility index (Phi) is 5.30. The lowest BCUT2D eigenvalue weighted by molar-refractivity contribution is 0.0907. The maximum Gasteiger partial charge on any atom is 0.287 e. The zero-order valence-corrected chi connectivity index (χ0v) is 15.7. The van der Waals surface area contributed by atoms with Crippen LogP contribution in [-0.4, -0.2) is 15.7 Å². The van der Waals surface area contributed by atoms with Crippen LogP contribution < -0.4 is 10.1 Å². The average molecular weight is 371 g/mol. The molecule has 6 nitrogen and oxygen atoms in total. The van der Waals surface area contributed by atoms with E-state index < -0.39 is 0 Å². The van der Waals surface area contributed by atoms with Gasteiger partial charge in [-0.2, -0.15) is 5.10 Å². The van der Waals surface area contributed by atoms with Crippen LogP contribution in [0.4, 0.5) is 4.39 Å².